The Labute approximate surface area is 202 Å². The Bertz CT molecular complexity index is 1260. The standard InChI is InChI=1S/C26H25N3O4S/c1-31-19-8-6-7-17(13-19)22-15-26(29-21-10-5-4-9-20(21)28-22)34-16-25(30)27-18-11-12-23(32-2)24(14-18)33-3/h4-14H,15-16H2,1-3H3,(H,27,30). The first-order valence-electron chi connectivity index (χ1n) is 10.6. The summed E-state index contributed by atoms with van der Waals surface area (Å²) in [5, 5.41) is 3.72. The van der Waals surface area contributed by atoms with E-state index in [9.17, 15) is 4.79 Å². The Hall–Kier alpha value is -3.78. The van der Waals surface area contributed by atoms with E-state index in [0.29, 0.717) is 23.6 Å². The zero-order valence-corrected chi connectivity index (χ0v) is 20.0. The van der Waals surface area contributed by atoms with E-state index < -0.39 is 0 Å². The number of carbonyl (C=O) groups excluding carboxylic acids is 1. The summed E-state index contributed by atoms with van der Waals surface area (Å²) >= 11 is 1.40. The zero-order chi connectivity index (χ0) is 23.9. The van der Waals surface area contributed by atoms with Gasteiger partial charge in [-0.05, 0) is 36.4 Å². The molecule has 3 aromatic carbocycles. The number of anilines is 1. The first-order chi connectivity index (χ1) is 16.6. The van der Waals surface area contributed by atoms with Crippen LogP contribution in [0.3, 0.4) is 0 Å². The second kappa shape index (κ2) is 10.9. The topological polar surface area (TPSA) is 81.5 Å². The van der Waals surface area contributed by atoms with Gasteiger partial charge in [0.15, 0.2) is 11.5 Å². The van der Waals surface area contributed by atoms with Crippen molar-refractivity contribution in [1.82, 2.24) is 0 Å². The number of fused-ring (bicyclic) bond motifs is 1. The summed E-state index contributed by atoms with van der Waals surface area (Å²) in [7, 11) is 4.77. The van der Waals surface area contributed by atoms with Crippen molar-refractivity contribution in [2.24, 2.45) is 9.98 Å². The van der Waals surface area contributed by atoms with Crippen LogP contribution in [-0.4, -0.2) is 43.7 Å². The summed E-state index contributed by atoms with van der Waals surface area (Å²) in [6, 6.07) is 20.8. The first-order valence-corrected chi connectivity index (χ1v) is 11.6. The van der Waals surface area contributed by atoms with Crippen molar-refractivity contribution in [1.29, 1.82) is 0 Å². The highest BCUT2D eigenvalue weighted by Gasteiger charge is 2.17. The molecule has 7 nitrogen and oxygen atoms in total. The molecule has 1 amide bonds. The molecule has 0 radical (unpaired) electrons. The van der Waals surface area contributed by atoms with Crippen LogP contribution < -0.4 is 19.5 Å². The molecule has 1 aliphatic heterocycles. The normalized spacial score (nSPS) is 12.6. The molecule has 0 saturated heterocycles. The molecule has 1 N–H and O–H groups in total. The molecule has 34 heavy (non-hydrogen) atoms. The van der Waals surface area contributed by atoms with Crippen molar-refractivity contribution in [3.8, 4) is 17.2 Å². The summed E-state index contributed by atoms with van der Waals surface area (Å²) < 4.78 is 15.9. The number of ether oxygens (including phenoxy) is 3. The van der Waals surface area contributed by atoms with E-state index >= 15 is 0 Å². The molecule has 174 valence electrons. The number of para-hydroxylation sites is 2. The minimum Gasteiger partial charge on any atom is -0.497 e. The number of nitrogens with one attached hydrogen (secondary N) is 1. The number of methoxy groups -OCH3 is 3. The summed E-state index contributed by atoms with van der Waals surface area (Å²) in [5.74, 6) is 1.99. The lowest BCUT2D eigenvalue weighted by Crippen LogP contribution is -2.16. The van der Waals surface area contributed by atoms with Gasteiger partial charge in [0.1, 0.15) is 5.75 Å². The van der Waals surface area contributed by atoms with E-state index in [1.54, 1.807) is 39.5 Å². The van der Waals surface area contributed by atoms with Crippen LogP contribution in [0.4, 0.5) is 17.1 Å². The van der Waals surface area contributed by atoms with Gasteiger partial charge in [-0.3, -0.25) is 9.79 Å². The van der Waals surface area contributed by atoms with Crippen LogP contribution in [0.25, 0.3) is 0 Å². The summed E-state index contributed by atoms with van der Waals surface area (Å²) in [6.07, 6.45) is 0.510. The second-order valence-electron chi connectivity index (χ2n) is 7.37. The molecule has 1 aliphatic rings. The average Bonchev–Trinajstić information content (AvgIpc) is 3.06. The summed E-state index contributed by atoms with van der Waals surface area (Å²) in [5.41, 5.74) is 4.04. The first kappa shape index (κ1) is 23.4. The van der Waals surface area contributed by atoms with Crippen molar-refractivity contribution in [3.05, 3.63) is 72.3 Å². The fraction of sp³-hybridized carbons (Fsp3) is 0.192. The van der Waals surface area contributed by atoms with Gasteiger partial charge in [0, 0.05) is 23.7 Å². The van der Waals surface area contributed by atoms with E-state index in [2.05, 4.69) is 5.32 Å². The predicted octanol–water partition coefficient (Wildman–Crippen LogP) is 5.64. The van der Waals surface area contributed by atoms with Gasteiger partial charge in [0.05, 0.1) is 49.2 Å². The smallest absolute Gasteiger partial charge is 0.234 e. The number of hydrogen-bond donors (Lipinski definition) is 1. The van der Waals surface area contributed by atoms with Crippen LogP contribution in [0.1, 0.15) is 12.0 Å². The number of carbonyl (C=O) groups is 1. The van der Waals surface area contributed by atoms with Crippen molar-refractivity contribution in [3.63, 3.8) is 0 Å². The van der Waals surface area contributed by atoms with Gasteiger partial charge < -0.3 is 19.5 Å². The maximum absolute atomic E-state index is 12.7. The van der Waals surface area contributed by atoms with Crippen LogP contribution in [0.2, 0.25) is 0 Å². The van der Waals surface area contributed by atoms with E-state index in [-0.39, 0.29) is 11.7 Å². The van der Waals surface area contributed by atoms with Gasteiger partial charge in [0.25, 0.3) is 0 Å². The van der Waals surface area contributed by atoms with E-state index in [0.717, 1.165) is 33.4 Å². The Kier molecular flexibility index (Phi) is 7.49. The molecule has 0 aromatic heterocycles. The Morgan fingerprint density at radius 3 is 2.38 bits per heavy atom. The lowest BCUT2D eigenvalue weighted by atomic mass is 10.1. The predicted molar refractivity (Wildman–Crippen MR) is 138 cm³/mol. The number of nitrogens with zero attached hydrogens (tertiary/aromatic N) is 2. The largest absolute Gasteiger partial charge is 0.497 e. The molecule has 3 aromatic rings. The molecular formula is C26H25N3O4S. The number of thioether (sulfide) groups is 1. The quantitative estimate of drug-likeness (QED) is 0.478. The van der Waals surface area contributed by atoms with Crippen LogP contribution >= 0.6 is 11.8 Å². The van der Waals surface area contributed by atoms with Gasteiger partial charge in [-0.25, -0.2) is 4.99 Å². The fourth-order valence-electron chi connectivity index (χ4n) is 3.47. The van der Waals surface area contributed by atoms with Gasteiger partial charge in [-0.1, -0.05) is 24.3 Å². The lowest BCUT2D eigenvalue weighted by Gasteiger charge is -2.11. The molecule has 8 heteroatoms. The van der Waals surface area contributed by atoms with Crippen molar-refractivity contribution in [2.75, 3.05) is 32.4 Å². The summed E-state index contributed by atoms with van der Waals surface area (Å²) in [4.78, 5) is 22.3. The van der Waals surface area contributed by atoms with Gasteiger partial charge in [0.2, 0.25) is 5.91 Å². The maximum Gasteiger partial charge on any atom is 0.234 e. The fourth-order valence-corrected chi connectivity index (χ4v) is 4.24. The molecule has 0 atom stereocenters. The number of benzene rings is 3. The van der Waals surface area contributed by atoms with Crippen LogP contribution in [0.5, 0.6) is 17.2 Å². The van der Waals surface area contributed by atoms with Crippen molar-refractivity contribution < 1.29 is 19.0 Å². The molecule has 0 spiro atoms. The van der Waals surface area contributed by atoms with Gasteiger partial charge in [-0.15, -0.1) is 11.8 Å². The summed E-state index contributed by atoms with van der Waals surface area (Å²) in [6.45, 7) is 0. The van der Waals surface area contributed by atoms with Crippen molar-refractivity contribution in [2.45, 2.75) is 6.42 Å². The Balaban J connectivity index is 1.51. The second-order valence-corrected chi connectivity index (χ2v) is 8.42. The zero-order valence-electron chi connectivity index (χ0n) is 19.2. The third-order valence-electron chi connectivity index (χ3n) is 5.14. The number of rotatable bonds is 7. The number of hydrogen-bond acceptors (Lipinski definition) is 7. The molecule has 4 rings (SSSR count). The van der Waals surface area contributed by atoms with Gasteiger partial charge in [-0.2, -0.15) is 0 Å². The molecule has 0 saturated carbocycles. The highest BCUT2D eigenvalue weighted by molar-refractivity contribution is 8.14. The highest BCUT2D eigenvalue weighted by atomic mass is 32.2. The minimum atomic E-state index is -0.141. The average molecular weight is 476 g/mol. The van der Waals surface area contributed by atoms with Crippen LogP contribution in [0, 0.1) is 0 Å². The van der Waals surface area contributed by atoms with Crippen LogP contribution in [-0.2, 0) is 4.79 Å². The molecule has 0 unspecified atom stereocenters. The SMILES string of the molecule is COc1cccc(C2=Nc3ccccc3N=C(SCC(=O)Nc3ccc(OC)c(OC)c3)C2)c1. The maximum atomic E-state index is 12.7. The number of aliphatic imine (C=N–C) groups is 2. The van der Waals surface area contributed by atoms with Crippen molar-refractivity contribution >= 4 is 45.5 Å². The molecule has 1 heterocycles. The lowest BCUT2D eigenvalue weighted by molar-refractivity contribution is -0.113. The Morgan fingerprint density at radius 1 is 0.882 bits per heavy atom. The van der Waals surface area contributed by atoms with Gasteiger partial charge >= 0.3 is 0 Å². The third kappa shape index (κ3) is 5.58. The minimum absolute atomic E-state index is 0.141. The molecule has 0 aliphatic carbocycles. The van der Waals surface area contributed by atoms with E-state index in [1.165, 1.54) is 11.8 Å². The molecular weight excluding hydrogens is 450 g/mol. The molecule has 0 bridgehead atoms. The number of amides is 1. The molecule has 0 fully saturated rings. The monoisotopic (exact) mass is 475 g/mol. The van der Waals surface area contributed by atoms with E-state index in [1.807, 2.05) is 48.5 Å². The van der Waals surface area contributed by atoms with Crippen LogP contribution in [0.15, 0.2) is 76.7 Å². The van der Waals surface area contributed by atoms with E-state index in [4.69, 9.17) is 24.2 Å². The Morgan fingerprint density at radius 2 is 1.65 bits per heavy atom. The third-order valence-corrected chi connectivity index (χ3v) is 6.12. The highest BCUT2D eigenvalue weighted by Crippen LogP contribution is 2.34.